The number of nitrogens with one attached hydrogen (secondary N) is 1. The molecule has 0 aliphatic carbocycles. The number of halogens is 1. The SMILES string of the molecule is CC(=O)NC[C@H]1O[C@@H](CO)[C@@H](O)[C@H]1N1CCc2ccccc2C1.Cl. The van der Waals surface area contributed by atoms with Crippen molar-refractivity contribution in [2.24, 2.45) is 0 Å². The molecule has 0 bridgehead atoms. The lowest BCUT2D eigenvalue weighted by atomic mass is 9.95. The van der Waals surface area contributed by atoms with E-state index in [9.17, 15) is 15.0 Å². The molecule has 0 unspecified atom stereocenters. The monoisotopic (exact) mass is 356 g/mol. The first-order chi connectivity index (χ1) is 11.1. The van der Waals surface area contributed by atoms with Gasteiger partial charge in [-0.05, 0) is 17.5 Å². The number of rotatable bonds is 4. The van der Waals surface area contributed by atoms with E-state index in [4.69, 9.17) is 4.74 Å². The van der Waals surface area contributed by atoms with Gasteiger partial charge in [-0.15, -0.1) is 12.4 Å². The van der Waals surface area contributed by atoms with Gasteiger partial charge in [0.15, 0.2) is 0 Å². The maximum atomic E-state index is 11.2. The van der Waals surface area contributed by atoms with E-state index in [-0.39, 0.29) is 37.1 Å². The first kappa shape index (κ1) is 19.1. The molecule has 134 valence electrons. The van der Waals surface area contributed by atoms with E-state index in [1.807, 2.05) is 12.1 Å². The first-order valence-corrected chi connectivity index (χ1v) is 8.10. The molecule has 1 saturated heterocycles. The quantitative estimate of drug-likeness (QED) is 0.712. The zero-order chi connectivity index (χ0) is 16.4. The molecule has 24 heavy (non-hydrogen) atoms. The highest BCUT2D eigenvalue weighted by Gasteiger charge is 2.46. The fourth-order valence-electron chi connectivity index (χ4n) is 3.61. The summed E-state index contributed by atoms with van der Waals surface area (Å²) in [6.07, 6.45) is -0.757. The molecule has 1 amide bonds. The van der Waals surface area contributed by atoms with Gasteiger partial charge in [-0.25, -0.2) is 0 Å². The first-order valence-electron chi connectivity index (χ1n) is 8.10. The molecule has 1 aromatic rings. The number of carbonyl (C=O) groups excluding carboxylic acids is 1. The molecule has 1 fully saturated rings. The maximum Gasteiger partial charge on any atom is 0.216 e. The highest BCUT2D eigenvalue weighted by atomic mass is 35.5. The predicted octanol–water partition coefficient (Wildman–Crippen LogP) is 0.0918. The minimum absolute atomic E-state index is 0. The maximum absolute atomic E-state index is 11.2. The van der Waals surface area contributed by atoms with Crippen molar-refractivity contribution in [2.75, 3.05) is 19.7 Å². The van der Waals surface area contributed by atoms with Crippen molar-refractivity contribution in [3.8, 4) is 0 Å². The van der Waals surface area contributed by atoms with Crippen LogP contribution in [0.3, 0.4) is 0 Å². The molecule has 2 aliphatic heterocycles. The Bertz CT molecular complexity index is 571. The summed E-state index contributed by atoms with van der Waals surface area (Å²) in [7, 11) is 0. The van der Waals surface area contributed by atoms with Gasteiger partial charge >= 0.3 is 0 Å². The normalized spacial score (nSPS) is 29.6. The van der Waals surface area contributed by atoms with Crippen molar-refractivity contribution in [1.82, 2.24) is 10.2 Å². The fourth-order valence-corrected chi connectivity index (χ4v) is 3.61. The number of fused-ring (bicyclic) bond motifs is 1. The van der Waals surface area contributed by atoms with Gasteiger partial charge in [0.2, 0.25) is 5.91 Å². The van der Waals surface area contributed by atoms with Crippen LogP contribution in [-0.2, 0) is 22.5 Å². The highest BCUT2D eigenvalue weighted by Crippen LogP contribution is 2.29. The molecule has 3 rings (SSSR count). The number of carbonyl (C=O) groups is 1. The Hall–Kier alpha value is -1.18. The van der Waals surface area contributed by atoms with Gasteiger partial charge in [0, 0.05) is 26.6 Å². The van der Waals surface area contributed by atoms with Gasteiger partial charge in [-0.2, -0.15) is 0 Å². The van der Waals surface area contributed by atoms with Crippen LogP contribution in [0.1, 0.15) is 18.1 Å². The van der Waals surface area contributed by atoms with Crippen LogP contribution in [0.4, 0.5) is 0 Å². The van der Waals surface area contributed by atoms with Crippen LogP contribution in [0.15, 0.2) is 24.3 Å². The molecule has 2 heterocycles. The molecular formula is C17H25ClN2O4. The van der Waals surface area contributed by atoms with Gasteiger partial charge in [0.25, 0.3) is 0 Å². The van der Waals surface area contributed by atoms with Crippen LogP contribution in [0, 0.1) is 0 Å². The van der Waals surface area contributed by atoms with E-state index in [1.54, 1.807) is 0 Å². The number of nitrogens with zero attached hydrogens (tertiary/aromatic N) is 1. The molecule has 0 spiro atoms. The van der Waals surface area contributed by atoms with Crippen LogP contribution >= 0.6 is 12.4 Å². The summed E-state index contributed by atoms with van der Waals surface area (Å²) in [5, 5.41) is 22.7. The number of ether oxygens (including phenoxy) is 1. The van der Waals surface area contributed by atoms with Crippen LogP contribution in [0.25, 0.3) is 0 Å². The zero-order valence-electron chi connectivity index (χ0n) is 13.7. The average Bonchev–Trinajstić information content (AvgIpc) is 2.88. The number of aliphatic hydroxyl groups excluding tert-OH is 2. The molecule has 2 aliphatic rings. The highest BCUT2D eigenvalue weighted by molar-refractivity contribution is 5.85. The third-order valence-corrected chi connectivity index (χ3v) is 4.78. The molecule has 4 atom stereocenters. The summed E-state index contributed by atoms with van der Waals surface area (Å²) in [6.45, 7) is 3.15. The van der Waals surface area contributed by atoms with Crippen molar-refractivity contribution in [3.63, 3.8) is 0 Å². The van der Waals surface area contributed by atoms with Crippen molar-refractivity contribution in [2.45, 2.75) is 44.2 Å². The second kappa shape index (κ2) is 8.27. The smallest absolute Gasteiger partial charge is 0.216 e. The second-order valence-electron chi connectivity index (χ2n) is 6.30. The Morgan fingerprint density at radius 2 is 2.04 bits per heavy atom. The van der Waals surface area contributed by atoms with Crippen molar-refractivity contribution < 1.29 is 19.7 Å². The zero-order valence-corrected chi connectivity index (χ0v) is 14.5. The summed E-state index contributed by atoms with van der Waals surface area (Å²) in [6, 6.07) is 8.08. The van der Waals surface area contributed by atoms with Crippen molar-refractivity contribution in [3.05, 3.63) is 35.4 Å². The van der Waals surface area contributed by atoms with Crippen LogP contribution < -0.4 is 5.32 Å². The van der Waals surface area contributed by atoms with Crippen LogP contribution in [-0.4, -0.2) is 65.1 Å². The van der Waals surface area contributed by atoms with E-state index < -0.39 is 12.2 Å². The minimum Gasteiger partial charge on any atom is -0.394 e. The van der Waals surface area contributed by atoms with Gasteiger partial charge < -0.3 is 20.3 Å². The molecule has 0 aromatic heterocycles. The standard InChI is InChI=1S/C17H24N2O4.ClH/c1-11(21)18-8-14-16(17(22)15(10-20)23-14)19-7-6-12-4-2-3-5-13(12)9-19;/h2-5,14-17,20,22H,6-10H2,1H3,(H,18,21);1H/t14-,15+,16+,17-;/m1./s1. The number of amides is 1. The van der Waals surface area contributed by atoms with Gasteiger partial charge in [-0.3, -0.25) is 9.69 Å². The molecule has 6 nitrogen and oxygen atoms in total. The minimum atomic E-state index is -0.760. The molecule has 0 radical (unpaired) electrons. The third-order valence-electron chi connectivity index (χ3n) is 4.78. The molecular weight excluding hydrogens is 332 g/mol. The number of hydrogen-bond acceptors (Lipinski definition) is 5. The third kappa shape index (κ3) is 3.90. The van der Waals surface area contributed by atoms with E-state index >= 15 is 0 Å². The van der Waals surface area contributed by atoms with E-state index in [2.05, 4.69) is 22.3 Å². The summed E-state index contributed by atoms with van der Waals surface area (Å²) in [5.41, 5.74) is 2.60. The Morgan fingerprint density at radius 1 is 1.33 bits per heavy atom. The average molecular weight is 357 g/mol. The van der Waals surface area contributed by atoms with E-state index in [0.717, 1.165) is 19.5 Å². The Kier molecular flexibility index (Phi) is 6.60. The molecule has 3 N–H and O–H groups in total. The lowest BCUT2D eigenvalue weighted by molar-refractivity contribution is -0.119. The van der Waals surface area contributed by atoms with Crippen molar-refractivity contribution in [1.29, 1.82) is 0 Å². The summed E-state index contributed by atoms with van der Waals surface area (Å²) in [4.78, 5) is 13.4. The summed E-state index contributed by atoms with van der Waals surface area (Å²) in [5.74, 6) is -0.127. The van der Waals surface area contributed by atoms with Gasteiger partial charge in [-0.1, -0.05) is 24.3 Å². The number of hydrogen-bond donors (Lipinski definition) is 3. The van der Waals surface area contributed by atoms with E-state index in [0.29, 0.717) is 6.54 Å². The summed E-state index contributed by atoms with van der Waals surface area (Å²) < 4.78 is 5.77. The fraction of sp³-hybridized carbons (Fsp3) is 0.588. The molecule has 1 aromatic carbocycles. The van der Waals surface area contributed by atoms with Crippen LogP contribution in [0.5, 0.6) is 0 Å². The lowest BCUT2D eigenvalue weighted by Gasteiger charge is -2.37. The topological polar surface area (TPSA) is 82.0 Å². The largest absolute Gasteiger partial charge is 0.394 e. The Balaban J connectivity index is 0.00000208. The lowest BCUT2D eigenvalue weighted by Crippen LogP contribution is -2.52. The number of benzene rings is 1. The summed E-state index contributed by atoms with van der Waals surface area (Å²) >= 11 is 0. The number of aliphatic hydroxyl groups is 2. The predicted molar refractivity (Wildman–Crippen MR) is 92.0 cm³/mol. The molecule has 7 heteroatoms. The van der Waals surface area contributed by atoms with Gasteiger partial charge in [0.1, 0.15) is 12.2 Å². The Morgan fingerprint density at radius 3 is 2.71 bits per heavy atom. The van der Waals surface area contributed by atoms with Gasteiger partial charge in [0.05, 0.1) is 18.8 Å². The second-order valence-corrected chi connectivity index (χ2v) is 6.30. The molecule has 0 saturated carbocycles. The Labute approximate surface area is 148 Å². The van der Waals surface area contributed by atoms with Crippen LogP contribution in [0.2, 0.25) is 0 Å². The van der Waals surface area contributed by atoms with E-state index in [1.165, 1.54) is 18.1 Å². The van der Waals surface area contributed by atoms with Crippen molar-refractivity contribution >= 4 is 18.3 Å².